The van der Waals surface area contributed by atoms with Gasteiger partial charge >= 0.3 is 0 Å². The van der Waals surface area contributed by atoms with Gasteiger partial charge in [0, 0.05) is 29.7 Å². The van der Waals surface area contributed by atoms with Crippen LogP contribution < -0.4 is 10.6 Å². The van der Waals surface area contributed by atoms with Gasteiger partial charge in [0.05, 0.1) is 0 Å². The van der Waals surface area contributed by atoms with Crippen LogP contribution >= 0.6 is 11.8 Å². The Bertz CT molecular complexity index is 329. The van der Waals surface area contributed by atoms with Gasteiger partial charge in [0.15, 0.2) is 0 Å². The molecule has 0 spiro atoms. The van der Waals surface area contributed by atoms with E-state index in [1.807, 2.05) is 12.1 Å². The Balaban J connectivity index is 1.84. The largest absolute Gasteiger partial charge is 0.399 e. The molecule has 1 fully saturated rings. The van der Waals surface area contributed by atoms with Crippen LogP contribution in [0.2, 0.25) is 0 Å². The fourth-order valence-electron chi connectivity index (χ4n) is 2.25. The summed E-state index contributed by atoms with van der Waals surface area (Å²) in [6, 6.07) is 8.25. The van der Waals surface area contributed by atoms with E-state index in [1.54, 1.807) is 0 Å². The average Bonchev–Trinajstić information content (AvgIpc) is 2.38. The maximum absolute atomic E-state index is 5.71. The molecule has 2 N–H and O–H groups in total. The zero-order valence-electron chi connectivity index (χ0n) is 10.6. The Hall–Kier alpha value is -0.830. The van der Waals surface area contributed by atoms with Crippen LogP contribution in [-0.2, 0) is 0 Å². The van der Waals surface area contributed by atoms with Crippen molar-refractivity contribution in [2.45, 2.75) is 31.4 Å². The van der Waals surface area contributed by atoms with E-state index in [0.717, 1.165) is 10.9 Å². The number of piperidine rings is 1. The van der Waals surface area contributed by atoms with Crippen LogP contribution in [0.1, 0.15) is 26.2 Å². The molecule has 0 unspecified atom stereocenters. The van der Waals surface area contributed by atoms with Crippen molar-refractivity contribution in [3.05, 3.63) is 24.3 Å². The number of anilines is 2. The average molecular weight is 250 g/mol. The molecular weight excluding hydrogens is 228 g/mol. The molecule has 0 aliphatic carbocycles. The third kappa shape index (κ3) is 3.56. The first-order valence-electron chi connectivity index (χ1n) is 6.51. The lowest BCUT2D eigenvalue weighted by Crippen LogP contribution is -2.34. The van der Waals surface area contributed by atoms with Gasteiger partial charge in [-0.05, 0) is 49.3 Å². The van der Waals surface area contributed by atoms with Gasteiger partial charge in [-0.3, -0.25) is 0 Å². The zero-order valence-corrected chi connectivity index (χ0v) is 11.4. The highest BCUT2D eigenvalue weighted by Crippen LogP contribution is 2.27. The highest BCUT2D eigenvalue weighted by atomic mass is 32.2. The van der Waals surface area contributed by atoms with Gasteiger partial charge in [0.1, 0.15) is 0 Å². The van der Waals surface area contributed by atoms with Crippen molar-refractivity contribution < 1.29 is 0 Å². The molecule has 0 bridgehead atoms. The zero-order chi connectivity index (χ0) is 12.1. The van der Waals surface area contributed by atoms with Gasteiger partial charge < -0.3 is 10.6 Å². The number of nitrogens with zero attached hydrogens (tertiary/aromatic N) is 1. The highest BCUT2D eigenvalue weighted by Gasteiger charge is 2.19. The molecule has 1 heterocycles. The molecule has 0 radical (unpaired) electrons. The quantitative estimate of drug-likeness (QED) is 0.831. The SMILES string of the molecule is CCCSC1CCN(c2ccc(N)cc2)CC1. The summed E-state index contributed by atoms with van der Waals surface area (Å²) in [5.41, 5.74) is 7.88. The maximum atomic E-state index is 5.71. The Kier molecular flexibility index (Phi) is 4.60. The predicted octanol–water partition coefficient (Wildman–Crippen LogP) is 3.38. The molecule has 1 aliphatic rings. The molecule has 1 saturated heterocycles. The first-order valence-corrected chi connectivity index (χ1v) is 7.56. The molecule has 94 valence electrons. The number of hydrogen-bond donors (Lipinski definition) is 1. The summed E-state index contributed by atoms with van der Waals surface area (Å²) in [5.74, 6) is 1.31. The van der Waals surface area contributed by atoms with E-state index in [2.05, 4.69) is 35.7 Å². The summed E-state index contributed by atoms with van der Waals surface area (Å²) in [6.07, 6.45) is 3.92. The van der Waals surface area contributed by atoms with E-state index >= 15 is 0 Å². The first-order chi connectivity index (χ1) is 8.29. The summed E-state index contributed by atoms with van der Waals surface area (Å²) in [6.45, 7) is 4.63. The normalized spacial score (nSPS) is 17.4. The van der Waals surface area contributed by atoms with Crippen LogP contribution in [0.5, 0.6) is 0 Å². The van der Waals surface area contributed by atoms with Crippen molar-refractivity contribution in [3.8, 4) is 0 Å². The molecule has 3 heteroatoms. The first kappa shape index (κ1) is 12.6. The minimum Gasteiger partial charge on any atom is -0.399 e. The van der Waals surface area contributed by atoms with Crippen LogP contribution in [0.15, 0.2) is 24.3 Å². The van der Waals surface area contributed by atoms with Gasteiger partial charge in [0.2, 0.25) is 0 Å². The van der Waals surface area contributed by atoms with Crippen LogP contribution in [0, 0.1) is 0 Å². The van der Waals surface area contributed by atoms with Crippen LogP contribution in [0.3, 0.4) is 0 Å². The standard InChI is InChI=1S/C14H22N2S/c1-2-11-17-14-7-9-16(10-8-14)13-5-3-12(15)4-6-13/h3-6,14H,2,7-11,15H2,1H3. The van der Waals surface area contributed by atoms with E-state index in [-0.39, 0.29) is 0 Å². The summed E-state index contributed by atoms with van der Waals surface area (Å²) >= 11 is 2.15. The van der Waals surface area contributed by atoms with Crippen molar-refractivity contribution in [2.24, 2.45) is 0 Å². The number of thioether (sulfide) groups is 1. The van der Waals surface area contributed by atoms with Crippen LogP contribution in [-0.4, -0.2) is 24.1 Å². The summed E-state index contributed by atoms with van der Waals surface area (Å²) in [4.78, 5) is 2.47. The van der Waals surface area contributed by atoms with Crippen molar-refractivity contribution in [1.29, 1.82) is 0 Å². The van der Waals surface area contributed by atoms with Crippen LogP contribution in [0.4, 0.5) is 11.4 Å². The van der Waals surface area contributed by atoms with E-state index < -0.39 is 0 Å². The molecule has 2 rings (SSSR count). The second-order valence-electron chi connectivity index (χ2n) is 4.65. The molecule has 0 amide bonds. The number of rotatable bonds is 4. The number of benzene rings is 1. The number of nitrogens with two attached hydrogens (primary N) is 1. The van der Waals surface area contributed by atoms with Gasteiger partial charge in [-0.15, -0.1) is 0 Å². The summed E-state index contributed by atoms with van der Waals surface area (Å²) in [5, 5.41) is 0.875. The molecule has 17 heavy (non-hydrogen) atoms. The maximum Gasteiger partial charge on any atom is 0.0367 e. The van der Waals surface area contributed by atoms with E-state index in [0.29, 0.717) is 0 Å². The van der Waals surface area contributed by atoms with Gasteiger partial charge in [-0.1, -0.05) is 6.92 Å². The lowest BCUT2D eigenvalue weighted by atomic mass is 10.1. The minimum absolute atomic E-state index is 0.849. The van der Waals surface area contributed by atoms with E-state index in [1.165, 1.54) is 43.8 Å². The fourth-order valence-corrected chi connectivity index (χ4v) is 3.36. The molecule has 2 nitrogen and oxygen atoms in total. The van der Waals surface area contributed by atoms with Crippen molar-refractivity contribution in [3.63, 3.8) is 0 Å². The van der Waals surface area contributed by atoms with Gasteiger partial charge in [-0.25, -0.2) is 0 Å². The number of hydrogen-bond acceptors (Lipinski definition) is 3. The third-order valence-corrected chi connectivity index (χ3v) is 4.84. The molecule has 0 saturated carbocycles. The Morgan fingerprint density at radius 1 is 1.24 bits per heavy atom. The Labute approximate surface area is 109 Å². The smallest absolute Gasteiger partial charge is 0.0367 e. The Morgan fingerprint density at radius 2 is 1.88 bits per heavy atom. The van der Waals surface area contributed by atoms with Crippen LogP contribution in [0.25, 0.3) is 0 Å². The lowest BCUT2D eigenvalue weighted by molar-refractivity contribution is 0.591. The third-order valence-electron chi connectivity index (χ3n) is 3.26. The molecule has 0 aromatic heterocycles. The van der Waals surface area contributed by atoms with Crippen molar-refractivity contribution in [2.75, 3.05) is 29.5 Å². The fraction of sp³-hybridized carbons (Fsp3) is 0.571. The summed E-state index contributed by atoms with van der Waals surface area (Å²) in [7, 11) is 0. The topological polar surface area (TPSA) is 29.3 Å². The lowest BCUT2D eigenvalue weighted by Gasteiger charge is -2.33. The highest BCUT2D eigenvalue weighted by molar-refractivity contribution is 7.99. The monoisotopic (exact) mass is 250 g/mol. The number of nitrogen functional groups attached to an aromatic ring is 1. The van der Waals surface area contributed by atoms with E-state index in [4.69, 9.17) is 5.73 Å². The Morgan fingerprint density at radius 3 is 2.47 bits per heavy atom. The van der Waals surface area contributed by atoms with Gasteiger partial charge in [0.25, 0.3) is 0 Å². The van der Waals surface area contributed by atoms with Crippen molar-refractivity contribution >= 4 is 23.1 Å². The minimum atomic E-state index is 0.849. The summed E-state index contributed by atoms with van der Waals surface area (Å²) < 4.78 is 0. The molecular formula is C14H22N2S. The second kappa shape index (κ2) is 6.20. The predicted molar refractivity (Wildman–Crippen MR) is 78.8 cm³/mol. The molecule has 1 aromatic rings. The van der Waals surface area contributed by atoms with E-state index in [9.17, 15) is 0 Å². The van der Waals surface area contributed by atoms with Crippen molar-refractivity contribution in [1.82, 2.24) is 0 Å². The van der Waals surface area contributed by atoms with Gasteiger partial charge in [-0.2, -0.15) is 11.8 Å². The second-order valence-corrected chi connectivity index (χ2v) is 6.06. The molecule has 1 aliphatic heterocycles. The molecule has 1 aromatic carbocycles. The molecule has 0 atom stereocenters.